The van der Waals surface area contributed by atoms with Crippen LogP contribution in [0.25, 0.3) is 11.0 Å². The Morgan fingerprint density at radius 1 is 1.23 bits per heavy atom. The van der Waals surface area contributed by atoms with Crippen LogP contribution in [0.2, 0.25) is 0 Å². The first-order valence-electron chi connectivity index (χ1n) is 5.74. The van der Waals surface area contributed by atoms with Crippen molar-refractivity contribution < 1.29 is 37.0 Å². The van der Waals surface area contributed by atoms with E-state index in [2.05, 4.69) is 4.74 Å². The van der Waals surface area contributed by atoms with Gasteiger partial charge in [-0.05, 0) is 18.2 Å². The topological polar surface area (TPSA) is 93.8 Å². The largest absolute Gasteiger partial charge is 0.477 e. The standard InChI is InChI=1S/C13H7F3O6/c14-13(15,16)5-10(17)21-7-2-1-6-3-8(11(18)19)12(20)22-9(6)4-7/h1-4H,5H2,(H,18,19). The van der Waals surface area contributed by atoms with E-state index in [1.54, 1.807) is 0 Å². The second-order valence-electron chi connectivity index (χ2n) is 4.22. The highest BCUT2D eigenvalue weighted by Crippen LogP contribution is 2.24. The van der Waals surface area contributed by atoms with Crippen LogP contribution < -0.4 is 10.4 Å². The van der Waals surface area contributed by atoms with Crippen LogP contribution >= 0.6 is 0 Å². The zero-order chi connectivity index (χ0) is 16.5. The van der Waals surface area contributed by atoms with Crippen LogP contribution in [0.3, 0.4) is 0 Å². The molecule has 9 heteroatoms. The van der Waals surface area contributed by atoms with Crippen LogP contribution in [-0.2, 0) is 4.79 Å². The molecule has 2 aromatic rings. The SMILES string of the molecule is O=C(CC(F)(F)F)Oc1ccc2cc(C(=O)O)c(=O)oc2c1. The van der Waals surface area contributed by atoms with Gasteiger partial charge >= 0.3 is 23.7 Å². The fourth-order valence-corrected chi connectivity index (χ4v) is 1.64. The van der Waals surface area contributed by atoms with Crippen molar-refractivity contribution in [3.8, 4) is 5.75 Å². The number of halogens is 3. The number of fused-ring (bicyclic) bond motifs is 1. The fraction of sp³-hybridized carbons (Fsp3) is 0.154. The summed E-state index contributed by atoms with van der Waals surface area (Å²) in [4.78, 5) is 33.2. The minimum atomic E-state index is -4.70. The van der Waals surface area contributed by atoms with Gasteiger partial charge in [-0.2, -0.15) is 13.2 Å². The average Bonchev–Trinajstić information content (AvgIpc) is 2.34. The molecule has 22 heavy (non-hydrogen) atoms. The molecule has 0 aliphatic heterocycles. The molecule has 0 saturated heterocycles. The summed E-state index contributed by atoms with van der Waals surface area (Å²) < 4.78 is 45.3. The van der Waals surface area contributed by atoms with E-state index in [1.165, 1.54) is 6.07 Å². The molecule has 0 aliphatic carbocycles. The maximum Gasteiger partial charge on any atom is 0.399 e. The number of esters is 1. The summed E-state index contributed by atoms with van der Waals surface area (Å²) in [6, 6.07) is 4.48. The highest BCUT2D eigenvalue weighted by atomic mass is 19.4. The third-order valence-electron chi connectivity index (χ3n) is 2.51. The van der Waals surface area contributed by atoms with Gasteiger partial charge in [-0.25, -0.2) is 9.59 Å². The number of alkyl halides is 3. The first kappa shape index (κ1) is 15.5. The molecule has 0 radical (unpaired) electrons. The van der Waals surface area contributed by atoms with Crippen molar-refractivity contribution in [3.63, 3.8) is 0 Å². The fourth-order valence-electron chi connectivity index (χ4n) is 1.64. The smallest absolute Gasteiger partial charge is 0.399 e. The maximum absolute atomic E-state index is 12.0. The minimum Gasteiger partial charge on any atom is -0.477 e. The summed E-state index contributed by atoms with van der Waals surface area (Å²) in [6.07, 6.45) is -6.45. The highest BCUT2D eigenvalue weighted by Gasteiger charge is 2.32. The molecule has 116 valence electrons. The number of aromatic carboxylic acids is 1. The Bertz CT molecular complexity index is 806. The van der Waals surface area contributed by atoms with Gasteiger partial charge in [-0.1, -0.05) is 0 Å². The lowest BCUT2D eigenvalue weighted by Gasteiger charge is -2.07. The van der Waals surface area contributed by atoms with Crippen LogP contribution in [0.15, 0.2) is 33.5 Å². The first-order chi connectivity index (χ1) is 10.2. The lowest BCUT2D eigenvalue weighted by molar-refractivity contribution is -0.164. The van der Waals surface area contributed by atoms with Crippen LogP contribution in [-0.4, -0.2) is 23.2 Å². The lowest BCUT2D eigenvalue weighted by atomic mass is 10.2. The van der Waals surface area contributed by atoms with Crippen molar-refractivity contribution in [1.82, 2.24) is 0 Å². The zero-order valence-corrected chi connectivity index (χ0v) is 10.6. The van der Waals surface area contributed by atoms with E-state index in [0.29, 0.717) is 0 Å². The van der Waals surface area contributed by atoms with E-state index in [0.717, 1.165) is 18.2 Å². The number of carboxylic acids is 1. The molecular formula is C13H7F3O6. The van der Waals surface area contributed by atoms with Gasteiger partial charge < -0.3 is 14.3 Å². The molecule has 1 N–H and O–H groups in total. The Morgan fingerprint density at radius 3 is 2.50 bits per heavy atom. The molecular weight excluding hydrogens is 309 g/mol. The summed E-state index contributed by atoms with van der Waals surface area (Å²) in [5, 5.41) is 8.99. The molecule has 0 atom stereocenters. The Labute approximate surface area is 119 Å². The summed E-state index contributed by atoms with van der Waals surface area (Å²) in [6.45, 7) is 0. The van der Waals surface area contributed by atoms with Crippen molar-refractivity contribution in [2.24, 2.45) is 0 Å². The normalized spacial score (nSPS) is 11.4. The maximum atomic E-state index is 12.0. The molecule has 0 spiro atoms. The Balaban J connectivity index is 2.31. The quantitative estimate of drug-likeness (QED) is 0.531. The third kappa shape index (κ3) is 3.62. The van der Waals surface area contributed by atoms with Gasteiger partial charge in [-0.15, -0.1) is 0 Å². The molecule has 0 bridgehead atoms. The molecule has 1 aromatic heterocycles. The molecule has 0 saturated carbocycles. The van der Waals surface area contributed by atoms with E-state index >= 15 is 0 Å². The molecule has 0 unspecified atom stereocenters. The lowest BCUT2D eigenvalue weighted by Crippen LogP contribution is -2.19. The number of rotatable bonds is 3. The van der Waals surface area contributed by atoms with Crippen molar-refractivity contribution in [1.29, 1.82) is 0 Å². The van der Waals surface area contributed by atoms with Gasteiger partial charge in [0, 0.05) is 11.5 Å². The van der Waals surface area contributed by atoms with Crippen LogP contribution in [0.1, 0.15) is 16.8 Å². The summed E-state index contributed by atoms with van der Waals surface area (Å²) >= 11 is 0. The molecule has 1 heterocycles. The third-order valence-corrected chi connectivity index (χ3v) is 2.51. The van der Waals surface area contributed by atoms with E-state index < -0.39 is 35.7 Å². The van der Waals surface area contributed by atoms with Gasteiger partial charge in [0.25, 0.3) is 0 Å². The predicted octanol–water partition coefficient (Wildman–Crippen LogP) is 2.35. The number of benzene rings is 1. The predicted molar refractivity (Wildman–Crippen MR) is 65.8 cm³/mol. The summed E-state index contributed by atoms with van der Waals surface area (Å²) in [5.74, 6) is -3.25. The summed E-state index contributed by atoms with van der Waals surface area (Å²) in [5.41, 5.74) is -1.83. The van der Waals surface area contributed by atoms with Gasteiger partial charge in [-0.3, -0.25) is 4.79 Å². The minimum absolute atomic E-state index is 0.118. The second-order valence-corrected chi connectivity index (χ2v) is 4.22. The van der Waals surface area contributed by atoms with E-state index in [1.807, 2.05) is 0 Å². The van der Waals surface area contributed by atoms with Gasteiger partial charge in [0.15, 0.2) is 0 Å². The van der Waals surface area contributed by atoms with Gasteiger partial charge in [0.2, 0.25) is 0 Å². The van der Waals surface area contributed by atoms with Crippen molar-refractivity contribution >= 4 is 22.9 Å². The van der Waals surface area contributed by atoms with E-state index in [4.69, 9.17) is 9.52 Å². The number of hydrogen-bond donors (Lipinski definition) is 1. The molecule has 0 fully saturated rings. The summed E-state index contributed by atoms with van der Waals surface area (Å²) in [7, 11) is 0. The second kappa shape index (κ2) is 5.51. The van der Waals surface area contributed by atoms with Gasteiger partial charge in [0.1, 0.15) is 23.3 Å². The first-order valence-corrected chi connectivity index (χ1v) is 5.74. The average molecular weight is 316 g/mol. The number of hydrogen-bond acceptors (Lipinski definition) is 5. The Hall–Kier alpha value is -2.84. The number of ether oxygens (including phenoxy) is 1. The molecule has 0 aliphatic rings. The molecule has 1 aromatic carbocycles. The van der Waals surface area contributed by atoms with E-state index in [9.17, 15) is 27.6 Å². The zero-order valence-electron chi connectivity index (χ0n) is 10.6. The molecule has 2 rings (SSSR count). The van der Waals surface area contributed by atoms with E-state index in [-0.39, 0.29) is 16.7 Å². The number of carboxylic acid groups (broad SMARTS) is 1. The Kier molecular flexibility index (Phi) is 3.89. The molecule has 6 nitrogen and oxygen atoms in total. The van der Waals surface area contributed by atoms with Crippen LogP contribution in [0.5, 0.6) is 5.75 Å². The van der Waals surface area contributed by atoms with Crippen molar-refractivity contribution in [2.75, 3.05) is 0 Å². The highest BCUT2D eigenvalue weighted by molar-refractivity contribution is 5.91. The van der Waals surface area contributed by atoms with Gasteiger partial charge in [0.05, 0.1) is 0 Å². The van der Waals surface area contributed by atoms with Crippen molar-refractivity contribution in [2.45, 2.75) is 12.6 Å². The van der Waals surface area contributed by atoms with Crippen LogP contribution in [0.4, 0.5) is 13.2 Å². The molecule has 0 amide bonds. The number of carbonyl (C=O) groups excluding carboxylic acids is 1. The van der Waals surface area contributed by atoms with Crippen molar-refractivity contribution in [3.05, 3.63) is 40.2 Å². The monoisotopic (exact) mass is 316 g/mol. The Morgan fingerprint density at radius 2 is 1.91 bits per heavy atom. The van der Waals surface area contributed by atoms with Crippen LogP contribution in [0, 0.1) is 0 Å². The number of carbonyl (C=O) groups is 2.